The summed E-state index contributed by atoms with van der Waals surface area (Å²) in [6.45, 7) is 0. The van der Waals surface area contributed by atoms with Crippen molar-refractivity contribution in [2.24, 2.45) is 4.99 Å². The molecular formula is C11H8BN3. The van der Waals surface area contributed by atoms with Gasteiger partial charge in [0.15, 0.2) is 0 Å². The highest BCUT2D eigenvalue weighted by Crippen LogP contribution is 2.12. The van der Waals surface area contributed by atoms with E-state index < -0.39 is 6.17 Å². The van der Waals surface area contributed by atoms with E-state index in [0.717, 1.165) is 16.6 Å². The van der Waals surface area contributed by atoms with Crippen LogP contribution in [-0.2, 0) is 0 Å². The van der Waals surface area contributed by atoms with E-state index in [2.05, 4.69) is 10.3 Å². The third-order valence-electron chi connectivity index (χ3n) is 2.13. The van der Waals surface area contributed by atoms with Gasteiger partial charge >= 0.3 is 0 Å². The second-order valence-corrected chi connectivity index (χ2v) is 3.20. The highest BCUT2D eigenvalue weighted by Gasteiger charge is 2.07. The average molecular weight is 193 g/mol. The van der Waals surface area contributed by atoms with E-state index in [1.165, 1.54) is 0 Å². The summed E-state index contributed by atoms with van der Waals surface area (Å²) in [7, 11) is 5.59. The van der Waals surface area contributed by atoms with Gasteiger partial charge in [-0.05, 0) is 5.56 Å². The van der Waals surface area contributed by atoms with Crippen LogP contribution in [0.25, 0.3) is 5.57 Å². The minimum Gasteiger partial charge on any atom is -0.358 e. The van der Waals surface area contributed by atoms with Crippen molar-refractivity contribution in [3.63, 3.8) is 0 Å². The summed E-state index contributed by atoms with van der Waals surface area (Å²) >= 11 is 0. The Balaban J connectivity index is 2.21. The van der Waals surface area contributed by atoms with E-state index in [1.54, 1.807) is 12.4 Å². The molecule has 1 atom stereocenters. The van der Waals surface area contributed by atoms with E-state index in [4.69, 9.17) is 13.1 Å². The molecular weight excluding hydrogens is 185 g/mol. The standard InChI is InChI=1S/C11H8BN3/c12-10-3-1-8(2-4-10)9-6-14-11(5-13)15-7-9/h1-4,6-7,11,14H. The molecule has 1 unspecified atom stereocenters. The Morgan fingerprint density at radius 3 is 2.60 bits per heavy atom. The maximum atomic E-state index is 8.61. The average Bonchev–Trinajstić information content (AvgIpc) is 2.30. The predicted octanol–water partition coefficient (Wildman–Crippen LogP) is 0.345. The van der Waals surface area contributed by atoms with Crippen LogP contribution in [0, 0.1) is 11.3 Å². The minimum atomic E-state index is -0.470. The van der Waals surface area contributed by atoms with Gasteiger partial charge in [0.05, 0.1) is 0 Å². The number of nitrogens with zero attached hydrogens (tertiary/aromatic N) is 2. The Kier molecular flexibility index (Phi) is 2.55. The SMILES string of the molecule is [B]c1ccc(C2=CNC(C#N)N=C2)cc1. The minimum absolute atomic E-state index is 0.470. The zero-order valence-electron chi connectivity index (χ0n) is 8.01. The lowest BCUT2D eigenvalue weighted by atomic mass is 9.94. The van der Waals surface area contributed by atoms with Crippen LogP contribution in [0.4, 0.5) is 0 Å². The summed E-state index contributed by atoms with van der Waals surface area (Å²) in [6, 6.07) is 9.52. The second kappa shape index (κ2) is 4.01. The first kappa shape index (κ1) is 9.54. The summed E-state index contributed by atoms with van der Waals surface area (Å²) in [5, 5.41) is 11.5. The smallest absolute Gasteiger partial charge is 0.206 e. The van der Waals surface area contributed by atoms with Crippen LogP contribution < -0.4 is 10.8 Å². The van der Waals surface area contributed by atoms with Crippen LogP contribution >= 0.6 is 0 Å². The highest BCUT2D eigenvalue weighted by atomic mass is 15.1. The van der Waals surface area contributed by atoms with Gasteiger partial charge in [-0.25, -0.2) is 0 Å². The molecule has 0 fully saturated rings. The molecule has 1 heterocycles. The maximum Gasteiger partial charge on any atom is 0.206 e. The molecule has 1 aliphatic rings. The lowest BCUT2D eigenvalue weighted by Crippen LogP contribution is -2.23. The largest absolute Gasteiger partial charge is 0.358 e. The fraction of sp³-hybridized carbons (Fsp3) is 0.0909. The molecule has 3 nitrogen and oxygen atoms in total. The van der Waals surface area contributed by atoms with E-state index in [1.807, 2.05) is 30.3 Å². The summed E-state index contributed by atoms with van der Waals surface area (Å²) in [5.41, 5.74) is 2.70. The van der Waals surface area contributed by atoms with Crippen LogP contribution in [0.2, 0.25) is 0 Å². The van der Waals surface area contributed by atoms with Gasteiger partial charge in [0.2, 0.25) is 6.17 Å². The molecule has 0 bridgehead atoms. The number of benzene rings is 1. The van der Waals surface area contributed by atoms with Crippen molar-refractivity contribution in [1.29, 1.82) is 5.26 Å². The molecule has 2 rings (SSSR count). The molecule has 1 aromatic rings. The molecule has 1 aliphatic heterocycles. The van der Waals surface area contributed by atoms with Gasteiger partial charge in [-0.1, -0.05) is 29.7 Å². The van der Waals surface area contributed by atoms with Gasteiger partial charge in [-0.2, -0.15) is 5.26 Å². The van der Waals surface area contributed by atoms with Crippen LogP contribution in [0.15, 0.2) is 35.5 Å². The Bertz CT molecular complexity index is 454. The van der Waals surface area contributed by atoms with Crippen molar-refractivity contribution in [2.45, 2.75) is 6.17 Å². The highest BCUT2D eigenvalue weighted by molar-refractivity contribution is 6.32. The monoisotopic (exact) mass is 193 g/mol. The molecule has 15 heavy (non-hydrogen) atoms. The summed E-state index contributed by atoms with van der Waals surface area (Å²) in [6.07, 6.45) is 3.00. The quantitative estimate of drug-likeness (QED) is 0.654. The van der Waals surface area contributed by atoms with E-state index in [-0.39, 0.29) is 0 Å². The predicted molar refractivity (Wildman–Crippen MR) is 60.8 cm³/mol. The van der Waals surface area contributed by atoms with Crippen molar-refractivity contribution in [1.82, 2.24) is 5.32 Å². The van der Waals surface area contributed by atoms with E-state index >= 15 is 0 Å². The zero-order valence-corrected chi connectivity index (χ0v) is 8.01. The normalized spacial score (nSPS) is 18.9. The van der Waals surface area contributed by atoms with Crippen molar-refractivity contribution < 1.29 is 0 Å². The third kappa shape index (κ3) is 2.08. The van der Waals surface area contributed by atoms with Crippen molar-refractivity contribution in [2.75, 3.05) is 0 Å². The summed E-state index contributed by atoms with van der Waals surface area (Å²) in [4.78, 5) is 4.03. The van der Waals surface area contributed by atoms with Crippen LogP contribution in [0.5, 0.6) is 0 Å². The maximum absolute atomic E-state index is 8.61. The summed E-state index contributed by atoms with van der Waals surface area (Å²) < 4.78 is 0. The lowest BCUT2D eigenvalue weighted by Gasteiger charge is -2.12. The number of nitrogens with one attached hydrogen (secondary N) is 1. The topological polar surface area (TPSA) is 48.2 Å². The zero-order chi connectivity index (χ0) is 10.7. The Morgan fingerprint density at radius 2 is 2.07 bits per heavy atom. The fourth-order valence-electron chi connectivity index (χ4n) is 1.31. The number of hydrogen-bond donors (Lipinski definition) is 1. The number of aliphatic imine (C=N–C) groups is 1. The molecule has 0 saturated heterocycles. The Hall–Kier alpha value is -2.02. The van der Waals surface area contributed by atoms with Crippen LogP contribution in [0.3, 0.4) is 0 Å². The molecule has 0 aromatic heterocycles. The summed E-state index contributed by atoms with van der Waals surface area (Å²) in [5.74, 6) is 0. The molecule has 4 heteroatoms. The fourth-order valence-corrected chi connectivity index (χ4v) is 1.31. The first-order valence-corrected chi connectivity index (χ1v) is 4.54. The number of rotatable bonds is 1. The molecule has 0 saturated carbocycles. The first-order valence-electron chi connectivity index (χ1n) is 4.54. The molecule has 0 aliphatic carbocycles. The van der Waals surface area contributed by atoms with Crippen molar-refractivity contribution in [3.05, 3.63) is 36.0 Å². The van der Waals surface area contributed by atoms with E-state index in [0.29, 0.717) is 0 Å². The lowest BCUT2D eigenvalue weighted by molar-refractivity contribution is 0.749. The molecule has 0 amide bonds. The number of allylic oxidation sites excluding steroid dienone is 1. The van der Waals surface area contributed by atoms with E-state index in [9.17, 15) is 0 Å². The molecule has 1 N–H and O–H groups in total. The van der Waals surface area contributed by atoms with Gasteiger partial charge in [0.1, 0.15) is 13.9 Å². The van der Waals surface area contributed by atoms with Crippen LogP contribution in [-0.4, -0.2) is 20.2 Å². The van der Waals surface area contributed by atoms with Crippen molar-refractivity contribution >= 4 is 25.1 Å². The Labute approximate surface area is 89.6 Å². The van der Waals surface area contributed by atoms with Crippen molar-refractivity contribution in [3.8, 4) is 6.07 Å². The second-order valence-electron chi connectivity index (χ2n) is 3.20. The third-order valence-corrected chi connectivity index (χ3v) is 2.13. The first-order chi connectivity index (χ1) is 7.29. The van der Waals surface area contributed by atoms with Gasteiger partial charge in [-0.15, -0.1) is 0 Å². The van der Waals surface area contributed by atoms with Gasteiger partial charge in [-0.3, -0.25) is 4.99 Å². The molecule has 70 valence electrons. The molecule has 0 spiro atoms. The van der Waals surface area contributed by atoms with Gasteiger partial charge < -0.3 is 5.32 Å². The van der Waals surface area contributed by atoms with Gasteiger partial charge in [0, 0.05) is 18.0 Å². The number of hydrogen-bond acceptors (Lipinski definition) is 3. The Morgan fingerprint density at radius 1 is 1.33 bits per heavy atom. The molecule has 2 radical (unpaired) electrons. The van der Waals surface area contributed by atoms with Gasteiger partial charge in [0.25, 0.3) is 0 Å². The number of nitriles is 1. The van der Waals surface area contributed by atoms with Crippen LogP contribution in [0.1, 0.15) is 5.56 Å². The molecule has 1 aromatic carbocycles.